The Labute approximate surface area is 588 Å². The first kappa shape index (κ1) is 94.1. The van der Waals surface area contributed by atoms with Gasteiger partial charge in [-0.3, -0.25) is 37.3 Å². The fraction of sp³-hybridized carbons (Fsp3) is 0.948. The van der Waals surface area contributed by atoms with Crippen molar-refractivity contribution in [2.75, 3.05) is 39.6 Å². The van der Waals surface area contributed by atoms with Crippen molar-refractivity contribution in [1.29, 1.82) is 0 Å². The molecule has 2 unspecified atom stereocenters. The molecular weight excluding hydrogens is 1260 g/mol. The van der Waals surface area contributed by atoms with Gasteiger partial charge in [0.1, 0.15) is 19.3 Å². The van der Waals surface area contributed by atoms with Crippen LogP contribution in [0.4, 0.5) is 0 Å². The van der Waals surface area contributed by atoms with Gasteiger partial charge >= 0.3 is 39.5 Å². The molecule has 0 aliphatic rings. The van der Waals surface area contributed by atoms with E-state index in [1.807, 2.05) is 0 Å². The lowest BCUT2D eigenvalue weighted by Gasteiger charge is -2.21. The van der Waals surface area contributed by atoms with Crippen LogP contribution in [-0.4, -0.2) is 96.7 Å². The Morgan fingerprint density at radius 2 is 0.479 bits per heavy atom. The van der Waals surface area contributed by atoms with Gasteiger partial charge in [-0.25, -0.2) is 9.13 Å². The van der Waals surface area contributed by atoms with Crippen molar-refractivity contribution in [1.82, 2.24) is 0 Å². The van der Waals surface area contributed by atoms with Crippen molar-refractivity contribution in [2.45, 2.75) is 419 Å². The summed E-state index contributed by atoms with van der Waals surface area (Å²) in [6, 6.07) is 0. The van der Waals surface area contributed by atoms with Crippen LogP contribution in [0.2, 0.25) is 0 Å². The minimum absolute atomic E-state index is 0.106. The van der Waals surface area contributed by atoms with Crippen molar-refractivity contribution in [2.24, 2.45) is 11.8 Å². The molecule has 0 aliphatic carbocycles. The number of aliphatic hydroxyl groups is 1. The molecule has 0 aliphatic heterocycles. The molecule has 3 N–H and O–H groups in total. The first-order chi connectivity index (χ1) is 46.4. The molecule has 0 fully saturated rings. The van der Waals surface area contributed by atoms with Gasteiger partial charge in [-0.1, -0.05) is 350 Å². The Balaban J connectivity index is 5.23. The van der Waals surface area contributed by atoms with Crippen molar-refractivity contribution in [3.05, 3.63) is 0 Å². The Bertz CT molecular complexity index is 1860. The smallest absolute Gasteiger partial charge is 0.462 e. The number of unbranched alkanes of at least 4 members (excludes halogenated alkanes) is 46. The molecule has 19 heteroatoms. The quantitative estimate of drug-likeness (QED) is 0.0222. The zero-order chi connectivity index (χ0) is 70.7. The maximum atomic E-state index is 13.1. The summed E-state index contributed by atoms with van der Waals surface area (Å²) in [5.74, 6) is -0.670. The fourth-order valence-electron chi connectivity index (χ4n) is 11.8. The van der Waals surface area contributed by atoms with Crippen molar-refractivity contribution >= 4 is 39.5 Å². The Kier molecular flexibility index (Phi) is 67.4. The highest BCUT2D eigenvalue weighted by Gasteiger charge is 2.30. The second kappa shape index (κ2) is 68.8. The van der Waals surface area contributed by atoms with E-state index >= 15 is 0 Å². The van der Waals surface area contributed by atoms with Gasteiger partial charge in [0.25, 0.3) is 0 Å². The Morgan fingerprint density at radius 1 is 0.281 bits per heavy atom. The first-order valence-corrected chi connectivity index (χ1v) is 43.0. The average Bonchev–Trinajstić information content (AvgIpc) is 2.06. The molecule has 0 saturated heterocycles. The van der Waals surface area contributed by atoms with Crippen LogP contribution in [0, 0.1) is 11.8 Å². The predicted molar refractivity (Wildman–Crippen MR) is 391 cm³/mol. The van der Waals surface area contributed by atoms with Crippen LogP contribution >= 0.6 is 15.6 Å². The number of hydrogen-bond acceptors (Lipinski definition) is 15. The van der Waals surface area contributed by atoms with E-state index in [1.54, 1.807) is 0 Å². The standard InChI is InChI=1S/C77H150O17P2/c1-7-9-11-13-15-17-19-21-23-24-25-27-29-33-37-41-49-55-61-76(81)93-72(65-87-74(79)59-53-47-40-36-32-28-26-22-20-18-16-14-12-10-8-2)67-91-95(83,84)89-63-71(78)64-90-96(85,86)92-68-73(66-88-75(80)60-54-48-44-43-46-52-58-70(5)6)94-77(82)62-56-50-42-38-34-30-31-35-39-45-51-57-69(3)4/h69-73,78H,7-68H2,1-6H3,(H,83,84)(H,85,86)/t71-,72-,73-/m1/s1. The van der Waals surface area contributed by atoms with Gasteiger partial charge < -0.3 is 33.8 Å². The summed E-state index contributed by atoms with van der Waals surface area (Å²) in [6.45, 7) is 9.53. The van der Waals surface area contributed by atoms with Crippen LogP contribution < -0.4 is 0 Å². The highest BCUT2D eigenvalue weighted by Crippen LogP contribution is 2.45. The van der Waals surface area contributed by atoms with E-state index in [0.29, 0.717) is 31.6 Å². The van der Waals surface area contributed by atoms with Crippen LogP contribution in [0.25, 0.3) is 0 Å². The highest BCUT2D eigenvalue weighted by molar-refractivity contribution is 7.47. The molecule has 0 spiro atoms. The third-order valence-corrected chi connectivity index (χ3v) is 19.9. The molecule has 17 nitrogen and oxygen atoms in total. The first-order valence-electron chi connectivity index (χ1n) is 40.0. The van der Waals surface area contributed by atoms with Gasteiger partial charge in [-0.15, -0.1) is 0 Å². The monoisotopic (exact) mass is 1410 g/mol. The summed E-state index contributed by atoms with van der Waals surface area (Å²) >= 11 is 0. The fourth-order valence-corrected chi connectivity index (χ4v) is 13.4. The van der Waals surface area contributed by atoms with Gasteiger partial charge in [-0.2, -0.15) is 0 Å². The van der Waals surface area contributed by atoms with E-state index in [2.05, 4.69) is 41.5 Å². The van der Waals surface area contributed by atoms with Crippen LogP contribution in [0.5, 0.6) is 0 Å². The molecule has 96 heavy (non-hydrogen) atoms. The number of esters is 4. The number of ether oxygens (including phenoxy) is 4. The van der Waals surface area contributed by atoms with E-state index < -0.39 is 97.5 Å². The molecule has 0 aromatic carbocycles. The summed E-state index contributed by atoms with van der Waals surface area (Å²) in [5.41, 5.74) is 0. The van der Waals surface area contributed by atoms with Crippen LogP contribution in [0.3, 0.4) is 0 Å². The second-order valence-corrected chi connectivity index (χ2v) is 31.6. The molecule has 570 valence electrons. The molecule has 5 atom stereocenters. The molecule has 0 radical (unpaired) electrons. The third-order valence-electron chi connectivity index (χ3n) is 18.0. The molecule has 0 heterocycles. The topological polar surface area (TPSA) is 237 Å². The van der Waals surface area contributed by atoms with Crippen molar-refractivity contribution < 1.29 is 80.2 Å². The maximum Gasteiger partial charge on any atom is 0.472 e. The van der Waals surface area contributed by atoms with E-state index in [1.165, 1.54) is 212 Å². The number of aliphatic hydroxyl groups excluding tert-OH is 1. The van der Waals surface area contributed by atoms with Crippen molar-refractivity contribution in [3.63, 3.8) is 0 Å². The molecule has 0 bridgehead atoms. The lowest BCUT2D eigenvalue weighted by molar-refractivity contribution is -0.161. The summed E-state index contributed by atoms with van der Waals surface area (Å²) in [4.78, 5) is 72.8. The molecule has 0 aromatic heterocycles. The van der Waals surface area contributed by atoms with Gasteiger partial charge in [0.2, 0.25) is 0 Å². The summed E-state index contributed by atoms with van der Waals surface area (Å²) in [5, 5.41) is 10.6. The Hall–Kier alpha value is -1.94. The normalized spacial score (nSPS) is 14.0. The Morgan fingerprint density at radius 3 is 0.708 bits per heavy atom. The van der Waals surface area contributed by atoms with Crippen LogP contribution in [0.1, 0.15) is 401 Å². The number of carbonyl (C=O) groups is 4. The molecule has 0 rings (SSSR count). The number of hydrogen-bond donors (Lipinski definition) is 3. The predicted octanol–water partition coefficient (Wildman–Crippen LogP) is 22.7. The summed E-state index contributed by atoms with van der Waals surface area (Å²) in [7, 11) is -9.91. The van der Waals surface area contributed by atoms with Gasteiger partial charge in [0.05, 0.1) is 26.4 Å². The molecular formula is C77H150O17P2. The summed E-state index contributed by atoms with van der Waals surface area (Å²) < 4.78 is 68.5. The molecule has 0 amide bonds. The number of phosphoric ester groups is 2. The zero-order valence-corrected chi connectivity index (χ0v) is 64.5. The average molecular weight is 1410 g/mol. The van der Waals surface area contributed by atoms with Crippen LogP contribution in [0.15, 0.2) is 0 Å². The third kappa shape index (κ3) is 70.5. The largest absolute Gasteiger partial charge is 0.472 e. The number of rotatable bonds is 76. The van der Waals surface area contributed by atoms with Crippen molar-refractivity contribution in [3.8, 4) is 0 Å². The number of phosphoric acid groups is 2. The molecule has 0 saturated carbocycles. The minimum Gasteiger partial charge on any atom is -0.462 e. The van der Waals surface area contributed by atoms with Gasteiger partial charge in [0.15, 0.2) is 12.2 Å². The molecule has 0 aromatic rings. The van der Waals surface area contributed by atoms with E-state index in [0.717, 1.165) is 102 Å². The number of carbonyl (C=O) groups excluding carboxylic acids is 4. The SMILES string of the molecule is CCCCCCCCCCCCCCCCCCCCC(=O)O[C@H](COC(=O)CCCCCCCCCCCCCCCCC)COP(=O)(O)OC[C@@H](O)COP(=O)(O)OC[C@@H](COC(=O)CCCCCCCCC(C)C)OC(=O)CCCCCCCCCCCCCC(C)C. The zero-order valence-electron chi connectivity index (χ0n) is 62.7. The summed E-state index contributed by atoms with van der Waals surface area (Å²) in [6.07, 6.45) is 57.0. The van der Waals surface area contributed by atoms with E-state index in [9.17, 15) is 43.2 Å². The van der Waals surface area contributed by atoms with E-state index in [4.69, 9.17) is 37.0 Å². The minimum atomic E-state index is -4.96. The highest BCUT2D eigenvalue weighted by atomic mass is 31.2. The lowest BCUT2D eigenvalue weighted by Crippen LogP contribution is -2.30. The second-order valence-electron chi connectivity index (χ2n) is 28.7. The van der Waals surface area contributed by atoms with E-state index in [-0.39, 0.29) is 25.7 Å². The van der Waals surface area contributed by atoms with Gasteiger partial charge in [-0.05, 0) is 37.5 Å². The lowest BCUT2D eigenvalue weighted by atomic mass is 10.0. The maximum absolute atomic E-state index is 13.1. The van der Waals surface area contributed by atoms with Crippen LogP contribution in [-0.2, 0) is 65.4 Å². The van der Waals surface area contributed by atoms with Gasteiger partial charge in [0, 0.05) is 25.7 Å².